The molecule has 0 spiro atoms. The largest absolute Gasteiger partial charge is 0.350 e. The highest BCUT2D eigenvalue weighted by atomic mass is 16.7. The Morgan fingerprint density at radius 3 is 2.80 bits per heavy atom. The van der Waals surface area contributed by atoms with Crippen molar-refractivity contribution in [2.24, 2.45) is 0 Å². The van der Waals surface area contributed by atoms with Crippen LogP contribution < -0.4 is 11.0 Å². The van der Waals surface area contributed by atoms with Crippen molar-refractivity contribution < 1.29 is 19.1 Å². The molecule has 8 nitrogen and oxygen atoms in total. The number of hydrogen-bond acceptors (Lipinski definition) is 7. The molecular formula is C12H17N3O5. The number of aromatic nitrogens is 2. The molecule has 0 aromatic carbocycles. The lowest BCUT2D eigenvalue weighted by molar-refractivity contribution is -0.138. The highest BCUT2D eigenvalue weighted by Gasteiger charge is 2.17. The zero-order valence-electron chi connectivity index (χ0n) is 11.4. The first-order chi connectivity index (χ1) is 9.56. The molecule has 1 aliphatic heterocycles. The molecule has 2 heterocycles. The van der Waals surface area contributed by atoms with Gasteiger partial charge in [-0.25, -0.2) is 4.98 Å². The third-order valence-electron chi connectivity index (χ3n) is 2.83. The van der Waals surface area contributed by atoms with E-state index < -0.39 is 5.97 Å². The molecule has 0 unspecified atom stereocenters. The van der Waals surface area contributed by atoms with Gasteiger partial charge in [0, 0.05) is 18.9 Å². The van der Waals surface area contributed by atoms with Gasteiger partial charge in [0.15, 0.2) is 6.29 Å². The van der Waals surface area contributed by atoms with E-state index in [2.05, 4.69) is 20.3 Å². The van der Waals surface area contributed by atoms with E-state index in [4.69, 9.17) is 9.47 Å². The van der Waals surface area contributed by atoms with Gasteiger partial charge in [0.2, 0.25) is 5.95 Å². The molecule has 0 atom stereocenters. The van der Waals surface area contributed by atoms with Crippen molar-refractivity contribution >= 4 is 11.9 Å². The maximum atomic E-state index is 12.0. The van der Waals surface area contributed by atoms with Crippen LogP contribution in [0.15, 0.2) is 4.79 Å². The van der Waals surface area contributed by atoms with Gasteiger partial charge in [-0.2, -0.15) is 5.48 Å². The zero-order valence-corrected chi connectivity index (χ0v) is 11.4. The van der Waals surface area contributed by atoms with Crippen LogP contribution in [0.3, 0.4) is 0 Å². The molecule has 0 radical (unpaired) electrons. The predicted octanol–water partition coefficient (Wildman–Crippen LogP) is 0.274. The van der Waals surface area contributed by atoms with Crippen molar-refractivity contribution in [2.45, 2.75) is 33.0 Å². The molecule has 0 bridgehead atoms. The Morgan fingerprint density at radius 1 is 1.50 bits per heavy atom. The number of hydrogen-bond donors (Lipinski definition) is 2. The maximum absolute atomic E-state index is 12.0. The lowest BCUT2D eigenvalue weighted by atomic mass is 10.1. The fourth-order valence-corrected chi connectivity index (χ4v) is 1.91. The number of rotatable bonds is 5. The minimum Gasteiger partial charge on any atom is -0.350 e. The summed E-state index contributed by atoms with van der Waals surface area (Å²) in [6, 6.07) is 0. The third-order valence-corrected chi connectivity index (χ3v) is 2.83. The lowest BCUT2D eigenvalue weighted by Crippen LogP contribution is -2.21. The second kappa shape index (κ2) is 6.49. The number of nitrogens with zero attached hydrogens (tertiary/aromatic N) is 1. The highest BCUT2D eigenvalue weighted by molar-refractivity contribution is 5.66. The Balaban J connectivity index is 2.02. The lowest BCUT2D eigenvalue weighted by Gasteiger charge is -2.10. The summed E-state index contributed by atoms with van der Waals surface area (Å²) >= 11 is 0. The van der Waals surface area contributed by atoms with Gasteiger partial charge in [-0.3, -0.25) is 14.6 Å². The first-order valence-electron chi connectivity index (χ1n) is 6.32. The third kappa shape index (κ3) is 3.78. The van der Waals surface area contributed by atoms with Crippen molar-refractivity contribution in [1.29, 1.82) is 0 Å². The van der Waals surface area contributed by atoms with E-state index >= 15 is 0 Å². The van der Waals surface area contributed by atoms with Gasteiger partial charge in [-0.15, -0.1) is 0 Å². The Kier molecular flexibility index (Phi) is 4.70. The summed E-state index contributed by atoms with van der Waals surface area (Å²) in [6.07, 6.45) is 0.849. The normalized spacial score (nSPS) is 15.3. The topological polar surface area (TPSA) is 103 Å². The second-order valence-corrected chi connectivity index (χ2v) is 4.38. The van der Waals surface area contributed by atoms with Crippen molar-refractivity contribution in [3.05, 3.63) is 21.6 Å². The van der Waals surface area contributed by atoms with E-state index in [1.807, 2.05) is 0 Å². The zero-order chi connectivity index (χ0) is 14.5. The number of carbonyl (C=O) groups is 1. The fraction of sp³-hybridized carbons (Fsp3) is 0.583. The van der Waals surface area contributed by atoms with Gasteiger partial charge >= 0.3 is 5.97 Å². The minimum absolute atomic E-state index is 0.0971. The molecule has 1 aromatic heterocycles. The first kappa shape index (κ1) is 14.5. The van der Waals surface area contributed by atoms with E-state index in [9.17, 15) is 9.59 Å². The number of aromatic amines is 1. The number of nitrogens with one attached hydrogen (secondary N) is 2. The number of anilines is 1. The van der Waals surface area contributed by atoms with Crippen LogP contribution in [0.5, 0.6) is 0 Å². The van der Waals surface area contributed by atoms with Crippen LogP contribution >= 0.6 is 0 Å². The first-order valence-corrected chi connectivity index (χ1v) is 6.32. The van der Waals surface area contributed by atoms with Crippen molar-refractivity contribution in [3.8, 4) is 0 Å². The monoisotopic (exact) mass is 283 g/mol. The van der Waals surface area contributed by atoms with Crippen LogP contribution in [0.2, 0.25) is 0 Å². The Hall–Kier alpha value is -1.93. The van der Waals surface area contributed by atoms with E-state index in [-0.39, 0.29) is 17.8 Å². The Labute approximate surface area is 115 Å². The van der Waals surface area contributed by atoms with E-state index in [0.717, 1.165) is 0 Å². The Bertz CT molecular complexity index is 536. The van der Waals surface area contributed by atoms with Crippen molar-refractivity contribution in [1.82, 2.24) is 9.97 Å². The molecule has 0 saturated carbocycles. The molecule has 1 aromatic rings. The van der Waals surface area contributed by atoms with Crippen LogP contribution in [0, 0.1) is 6.92 Å². The summed E-state index contributed by atoms with van der Waals surface area (Å²) in [5.41, 5.74) is 3.15. The predicted molar refractivity (Wildman–Crippen MR) is 69.0 cm³/mol. The molecule has 0 amide bonds. The molecule has 2 N–H and O–H groups in total. The van der Waals surface area contributed by atoms with Crippen molar-refractivity contribution in [2.75, 3.05) is 18.7 Å². The molecule has 1 fully saturated rings. The maximum Gasteiger partial charge on any atom is 0.329 e. The molecular weight excluding hydrogens is 266 g/mol. The van der Waals surface area contributed by atoms with E-state index in [1.165, 1.54) is 6.92 Å². The van der Waals surface area contributed by atoms with Gasteiger partial charge < -0.3 is 14.3 Å². The van der Waals surface area contributed by atoms with Crippen LogP contribution in [0.4, 0.5) is 5.95 Å². The van der Waals surface area contributed by atoms with Crippen LogP contribution in [-0.2, 0) is 25.5 Å². The standard InChI is InChI=1S/C12H17N3O5/c1-7-9(3-4-10-18-5-6-19-10)11(17)14-12(13-7)15-20-8(2)16/h10H,3-6H2,1-2H3,(H2,13,14,15,17). The van der Waals surface area contributed by atoms with Crippen LogP contribution in [-0.4, -0.2) is 35.4 Å². The highest BCUT2D eigenvalue weighted by Crippen LogP contribution is 2.12. The molecule has 0 aliphatic carbocycles. The average molecular weight is 283 g/mol. The average Bonchev–Trinajstić information content (AvgIpc) is 2.88. The quantitative estimate of drug-likeness (QED) is 0.748. The summed E-state index contributed by atoms with van der Waals surface area (Å²) in [4.78, 5) is 33.8. The van der Waals surface area contributed by atoms with Gasteiger partial charge in [0.1, 0.15) is 0 Å². The summed E-state index contributed by atoms with van der Waals surface area (Å²) in [7, 11) is 0. The van der Waals surface area contributed by atoms with Crippen LogP contribution in [0.1, 0.15) is 24.6 Å². The summed E-state index contributed by atoms with van der Waals surface area (Å²) in [6.45, 7) is 4.14. The fourth-order valence-electron chi connectivity index (χ4n) is 1.91. The number of carbonyl (C=O) groups excluding carboxylic acids is 1. The molecule has 1 saturated heterocycles. The van der Waals surface area contributed by atoms with Gasteiger partial charge in [-0.05, 0) is 13.3 Å². The minimum atomic E-state index is -0.523. The number of ether oxygens (including phenoxy) is 2. The van der Waals surface area contributed by atoms with Crippen LogP contribution in [0.25, 0.3) is 0 Å². The van der Waals surface area contributed by atoms with Gasteiger partial charge in [0.25, 0.3) is 5.56 Å². The van der Waals surface area contributed by atoms with E-state index in [0.29, 0.717) is 37.3 Å². The Morgan fingerprint density at radius 2 is 2.20 bits per heavy atom. The second-order valence-electron chi connectivity index (χ2n) is 4.38. The number of H-pyrrole nitrogens is 1. The van der Waals surface area contributed by atoms with Gasteiger partial charge in [0.05, 0.1) is 18.9 Å². The SMILES string of the molecule is CC(=O)ONc1nc(C)c(CCC2OCCO2)c(=O)[nH]1. The summed E-state index contributed by atoms with van der Waals surface area (Å²) in [5, 5.41) is 0. The summed E-state index contributed by atoms with van der Waals surface area (Å²) in [5.74, 6) is -0.426. The van der Waals surface area contributed by atoms with Crippen molar-refractivity contribution in [3.63, 3.8) is 0 Å². The summed E-state index contributed by atoms with van der Waals surface area (Å²) < 4.78 is 10.6. The number of aryl methyl sites for hydroxylation is 1. The molecule has 110 valence electrons. The van der Waals surface area contributed by atoms with E-state index in [1.54, 1.807) is 6.92 Å². The molecule has 1 aliphatic rings. The molecule has 8 heteroatoms. The molecule has 20 heavy (non-hydrogen) atoms. The smallest absolute Gasteiger partial charge is 0.329 e. The van der Waals surface area contributed by atoms with Gasteiger partial charge in [-0.1, -0.05) is 0 Å². The molecule has 2 rings (SSSR count).